The molecule has 1 aromatic rings. The van der Waals surface area contributed by atoms with Gasteiger partial charge in [0.2, 0.25) is 29.5 Å². The van der Waals surface area contributed by atoms with Crippen molar-refractivity contribution in [2.45, 2.75) is 89.9 Å². The lowest BCUT2D eigenvalue weighted by Gasteiger charge is -2.33. The summed E-state index contributed by atoms with van der Waals surface area (Å²) < 4.78 is 13.6. The van der Waals surface area contributed by atoms with Gasteiger partial charge in [0.05, 0.1) is 0 Å². The maximum atomic E-state index is 13.6. The fraction of sp³-hybridized carbons (Fsp3) is 0.586. The molecule has 1 aromatic carbocycles. The van der Waals surface area contributed by atoms with Crippen molar-refractivity contribution >= 4 is 35.5 Å². The molecule has 14 heteroatoms. The topological polar surface area (TPSA) is 207 Å². The maximum Gasteiger partial charge on any atom is 0.247 e. The lowest BCUT2D eigenvalue weighted by Crippen LogP contribution is -2.62. The zero-order chi connectivity index (χ0) is 32.2. The van der Waals surface area contributed by atoms with E-state index in [-0.39, 0.29) is 44.2 Å². The van der Waals surface area contributed by atoms with Gasteiger partial charge in [0, 0.05) is 19.0 Å². The van der Waals surface area contributed by atoms with Crippen LogP contribution in [0, 0.1) is 17.1 Å². The molecule has 0 aromatic heterocycles. The van der Waals surface area contributed by atoms with E-state index in [2.05, 4.69) is 31.9 Å². The van der Waals surface area contributed by atoms with E-state index in [1.54, 1.807) is 27.7 Å². The largest absolute Gasteiger partial charge is 0.370 e. The van der Waals surface area contributed by atoms with Gasteiger partial charge in [-0.25, -0.2) is 4.39 Å². The number of hydrogen-bond acceptors (Lipinski definition) is 6. The molecular weight excluding hydrogens is 559 g/mol. The second-order valence-electron chi connectivity index (χ2n) is 11.2. The number of nitrogens with one attached hydrogen (secondary N) is 7. The third kappa shape index (κ3) is 10.8. The molecule has 0 radical (unpaired) electrons. The van der Waals surface area contributed by atoms with Gasteiger partial charge in [-0.1, -0.05) is 32.9 Å². The van der Waals surface area contributed by atoms with Gasteiger partial charge in [0.15, 0.2) is 5.96 Å². The second-order valence-corrected chi connectivity index (χ2v) is 11.2. The van der Waals surface area contributed by atoms with Gasteiger partial charge in [0.1, 0.15) is 29.5 Å². The Morgan fingerprint density at radius 3 is 2.30 bits per heavy atom. The van der Waals surface area contributed by atoms with Crippen LogP contribution in [-0.4, -0.2) is 66.2 Å². The Kier molecular flexibility index (Phi) is 13.4. The smallest absolute Gasteiger partial charge is 0.247 e. The molecule has 43 heavy (non-hydrogen) atoms. The summed E-state index contributed by atoms with van der Waals surface area (Å²) in [5.74, 6) is -3.82. The van der Waals surface area contributed by atoms with Crippen LogP contribution in [0.15, 0.2) is 24.3 Å². The van der Waals surface area contributed by atoms with Crippen molar-refractivity contribution in [1.82, 2.24) is 31.9 Å². The standard InChI is InChI=1S/C29H45FN8O5/c1-5-20-24(40)37-22(18-10-12-19(30)13-11-18)26(42)33-15-7-6-14-29(4,38-23(39)17(2)3)27(43)36-21(25(41)35-20)9-8-16-34-28(31)32/h10-13,17,20-22H,5-9,14-16H2,1-4H3,(H,33,42)(H,35,41)(H,36,43)(H,37,40)(H,38,39)(H4,31,32,34)/t20-,21-,22+,29+/m0/s1. The Hall–Kier alpha value is -4.23. The predicted molar refractivity (Wildman–Crippen MR) is 159 cm³/mol. The van der Waals surface area contributed by atoms with E-state index in [1.165, 1.54) is 24.3 Å². The van der Waals surface area contributed by atoms with E-state index in [1.807, 2.05) is 0 Å². The van der Waals surface area contributed by atoms with E-state index in [4.69, 9.17) is 11.1 Å². The minimum atomic E-state index is -1.36. The number of rotatable bonds is 8. The molecule has 0 unspecified atom stereocenters. The number of guanidine groups is 1. The average molecular weight is 605 g/mol. The van der Waals surface area contributed by atoms with E-state index in [9.17, 15) is 28.4 Å². The number of carbonyl (C=O) groups excluding carboxylic acids is 5. The number of carbonyl (C=O) groups is 5. The number of halogens is 1. The van der Waals surface area contributed by atoms with Crippen molar-refractivity contribution in [3.63, 3.8) is 0 Å². The highest BCUT2D eigenvalue weighted by Crippen LogP contribution is 2.18. The number of amides is 5. The molecule has 1 aliphatic heterocycles. The quantitative estimate of drug-likeness (QED) is 0.119. The van der Waals surface area contributed by atoms with E-state index < -0.39 is 59.0 Å². The third-order valence-electron chi connectivity index (χ3n) is 7.23. The third-order valence-corrected chi connectivity index (χ3v) is 7.23. The van der Waals surface area contributed by atoms with Gasteiger partial charge in [-0.15, -0.1) is 0 Å². The van der Waals surface area contributed by atoms with Crippen LogP contribution in [0.4, 0.5) is 4.39 Å². The normalized spacial score (nSPS) is 24.3. The summed E-state index contributed by atoms with van der Waals surface area (Å²) in [7, 11) is 0. The lowest BCUT2D eigenvalue weighted by atomic mass is 9.91. The number of nitrogens with two attached hydrogens (primary N) is 1. The SMILES string of the molecule is CC[C@@H]1NC(=O)[C@H](CCCNC(=N)N)NC(=O)[C@](C)(NC(=O)C(C)C)CCCCNC(=O)[C@@H](c2ccc(F)cc2)NC1=O. The van der Waals surface area contributed by atoms with Crippen LogP contribution in [0.2, 0.25) is 0 Å². The van der Waals surface area contributed by atoms with E-state index in [0.717, 1.165) is 0 Å². The first-order valence-corrected chi connectivity index (χ1v) is 14.6. The van der Waals surface area contributed by atoms with Crippen LogP contribution in [0.25, 0.3) is 0 Å². The molecule has 5 amide bonds. The first-order valence-electron chi connectivity index (χ1n) is 14.6. The molecule has 4 atom stereocenters. The molecular formula is C29H45FN8O5. The highest BCUT2D eigenvalue weighted by molar-refractivity contribution is 5.97. The van der Waals surface area contributed by atoms with Crippen molar-refractivity contribution < 1.29 is 28.4 Å². The monoisotopic (exact) mass is 604 g/mol. The summed E-state index contributed by atoms with van der Waals surface area (Å²) in [4.78, 5) is 66.3. The Labute approximate surface area is 251 Å². The Balaban J connectivity index is 2.42. The highest BCUT2D eigenvalue weighted by Gasteiger charge is 2.38. The molecule has 0 aliphatic carbocycles. The van der Waals surface area contributed by atoms with Crippen LogP contribution in [0.5, 0.6) is 0 Å². The molecule has 1 fully saturated rings. The molecule has 0 spiro atoms. The minimum Gasteiger partial charge on any atom is -0.370 e. The Morgan fingerprint density at radius 2 is 1.70 bits per heavy atom. The van der Waals surface area contributed by atoms with E-state index >= 15 is 0 Å². The van der Waals surface area contributed by atoms with E-state index in [0.29, 0.717) is 24.8 Å². The van der Waals surface area contributed by atoms with Crippen molar-refractivity contribution in [2.75, 3.05) is 13.1 Å². The molecule has 238 valence electrons. The highest BCUT2D eigenvalue weighted by atomic mass is 19.1. The van der Waals surface area contributed by atoms with Crippen molar-refractivity contribution in [1.29, 1.82) is 5.41 Å². The molecule has 13 nitrogen and oxygen atoms in total. The number of hydrogen-bond donors (Lipinski definition) is 8. The summed E-state index contributed by atoms with van der Waals surface area (Å²) in [6.07, 6.45) is 1.78. The van der Waals surface area contributed by atoms with Gasteiger partial charge < -0.3 is 37.6 Å². The fourth-order valence-corrected chi connectivity index (χ4v) is 4.51. The zero-order valence-electron chi connectivity index (χ0n) is 25.3. The van der Waals surface area contributed by atoms with Crippen LogP contribution in [0.3, 0.4) is 0 Å². The lowest BCUT2D eigenvalue weighted by molar-refractivity contribution is -0.137. The van der Waals surface area contributed by atoms with Gasteiger partial charge in [-0.2, -0.15) is 0 Å². The van der Waals surface area contributed by atoms with Crippen molar-refractivity contribution in [3.8, 4) is 0 Å². The first kappa shape index (κ1) is 35.0. The summed E-state index contributed by atoms with van der Waals surface area (Å²) in [6, 6.07) is 1.90. The molecule has 1 heterocycles. The summed E-state index contributed by atoms with van der Waals surface area (Å²) in [6.45, 7) is 7.16. The molecule has 9 N–H and O–H groups in total. The average Bonchev–Trinajstić information content (AvgIpc) is 2.95. The fourth-order valence-electron chi connectivity index (χ4n) is 4.51. The molecule has 1 saturated heterocycles. The molecule has 1 aliphatic rings. The van der Waals surface area contributed by atoms with Gasteiger partial charge in [-0.05, 0) is 63.1 Å². The van der Waals surface area contributed by atoms with Crippen LogP contribution < -0.4 is 37.6 Å². The van der Waals surface area contributed by atoms with Crippen LogP contribution >= 0.6 is 0 Å². The van der Waals surface area contributed by atoms with Gasteiger partial charge in [0.25, 0.3) is 0 Å². The maximum absolute atomic E-state index is 13.6. The molecule has 0 bridgehead atoms. The Morgan fingerprint density at radius 1 is 1.05 bits per heavy atom. The van der Waals surface area contributed by atoms with Crippen LogP contribution in [-0.2, 0) is 24.0 Å². The number of benzene rings is 1. The summed E-state index contributed by atoms with van der Waals surface area (Å²) in [5.41, 5.74) is 4.35. The first-order chi connectivity index (χ1) is 20.3. The van der Waals surface area contributed by atoms with Crippen LogP contribution in [0.1, 0.15) is 77.8 Å². The predicted octanol–water partition coefficient (Wildman–Crippen LogP) is 0.457. The minimum absolute atomic E-state index is 0.144. The van der Waals surface area contributed by atoms with Crippen molar-refractivity contribution in [3.05, 3.63) is 35.6 Å². The molecule has 0 saturated carbocycles. The van der Waals surface area contributed by atoms with Crippen molar-refractivity contribution in [2.24, 2.45) is 11.7 Å². The molecule has 2 rings (SSSR count). The van der Waals surface area contributed by atoms with Gasteiger partial charge in [-0.3, -0.25) is 29.4 Å². The summed E-state index contributed by atoms with van der Waals surface area (Å²) in [5, 5.41) is 23.7. The second kappa shape index (κ2) is 16.4. The zero-order valence-corrected chi connectivity index (χ0v) is 25.3. The van der Waals surface area contributed by atoms with Gasteiger partial charge >= 0.3 is 0 Å². The summed E-state index contributed by atoms with van der Waals surface area (Å²) >= 11 is 0. The Bertz CT molecular complexity index is 1160.